The quantitative estimate of drug-likeness (QED) is 0.311. The van der Waals surface area contributed by atoms with Crippen molar-refractivity contribution in [3.63, 3.8) is 0 Å². The predicted octanol–water partition coefficient (Wildman–Crippen LogP) is -0.778. The van der Waals surface area contributed by atoms with E-state index in [1.54, 1.807) is 0 Å². The molecule has 0 saturated carbocycles. The van der Waals surface area contributed by atoms with Crippen LogP contribution in [-0.4, -0.2) is 42.4 Å². The van der Waals surface area contributed by atoms with Crippen LogP contribution < -0.4 is 27.9 Å². The van der Waals surface area contributed by atoms with E-state index in [4.69, 9.17) is 0 Å². The molecule has 0 aliphatic rings. The predicted molar refractivity (Wildman–Crippen MR) is 41.4 cm³/mol. The van der Waals surface area contributed by atoms with Gasteiger partial charge < -0.3 is 6.87 Å². The summed E-state index contributed by atoms with van der Waals surface area (Å²) in [6.07, 6.45) is -10.2. The van der Waals surface area contributed by atoms with Crippen LogP contribution in [0.1, 0.15) is 6.42 Å². The first kappa shape index (κ1) is 24.7. The Morgan fingerprint density at radius 1 is 0.600 bits per heavy atom. The molecule has 0 aliphatic carbocycles. The van der Waals surface area contributed by atoms with E-state index in [1.165, 1.54) is 0 Å². The first-order valence-corrected chi connectivity index (χ1v) is 7.95. The molecule has 17 heteroatoms. The Bertz CT molecular complexity index is 461. The summed E-state index contributed by atoms with van der Waals surface area (Å²) in [5.41, 5.74) is 0. The van der Waals surface area contributed by atoms with Crippen LogP contribution >= 0.6 is 0 Å². The van der Waals surface area contributed by atoms with E-state index in [0.717, 1.165) is 0 Å². The molecule has 0 amide bonds. The monoisotopic (exact) mass is 522 g/mol. The molecule has 0 aromatic rings. The van der Waals surface area contributed by atoms with Crippen molar-refractivity contribution in [1.29, 1.82) is 0 Å². The molecular weight excluding hydrogens is 518 g/mol. The number of alkyl halides is 13. The molecule has 0 fully saturated rings. The van der Waals surface area contributed by atoms with Crippen molar-refractivity contribution in [3.8, 4) is 0 Å². The largest absolute Gasteiger partial charge is 0.506 e. The lowest BCUT2D eigenvalue weighted by molar-refractivity contribution is -1.63. The van der Waals surface area contributed by atoms with Gasteiger partial charge in [-0.25, -0.2) is 0 Å². The Labute approximate surface area is 137 Å². The third-order valence-electron chi connectivity index (χ3n) is 2.58. The zero-order chi connectivity index (χ0) is 20.7. The standard InChI is InChI=1S/C8H4F13IO3/c9-3(10,1-2-25-22(23)24)4(11,12)5(13,14)6(15,16)7(17,18)8(19,20)21/h1-2H2. The summed E-state index contributed by atoms with van der Waals surface area (Å²) < 4.78 is 187. The van der Waals surface area contributed by atoms with E-state index >= 15 is 0 Å². The van der Waals surface area contributed by atoms with Crippen LogP contribution in [0.15, 0.2) is 0 Å². The smallest absolute Gasteiger partial charge is 0.396 e. The third kappa shape index (κ3) is 4.18. The van der Waals surface area contributed by atoms with Crippen LogP contribution in [0, 0.1) is 0 Å². The maximum Gasteiger partial charge on any atom is 0.506 e. The molecule has 152 valence electrons. The molecule has 3 nitrogen and oxygen atoms in total. The zero-order valence-corrected chi connectivity index (χ0v) is 13.1. The number of hydrogen-bond donors (Lipinski definition) is 0. The molecule has 0 N–H and O–H groups in total. The summed E-state index contributed by atoms with van der Waals surface area (Å²) in [6.45, 7) is -1.93. The highest BCUT2D eigenvalue weighted by atomic mass is 127. The van der Waals surface area contributed by atoms with Crippen molar-refractivity contribution in [2.45, 2.75) is 42.2 Å². The molecular formula is C8H4F13IO3. The van der Waals surface area contributed by atoms with Crippen LogP contribution in [0.4, 0.5) is 57.1 Å². The molecule has 25 heavy (non-hydrogen) atoms. The molecule has 0 bridgehead atoms. The lowest BCUT2D eigenvalue weighted by atomic mass is 9.93. The van der Waals surface area contributed by atoms with Gasteiger partial charge in [0.1, 0.15) is 6.61 Å². The van der Waals surface area contributed by atoms with Crippen molar-refractivity contribution >= 4 is 0 Å². The van der Waals surface area contributed by atoms with E-state index in [2.05, 4.69) is 3.07 Å². The van der Waals surface area contributed by atoms with Crippen molar-refractivity contribution in [2.75, 3.05) is 6.61 Å². The van der Waals surface area contributed by atoms with E-state index in [9.17, 15) is 63.9 Å². The van der Waals surface area contributed by atoms with Gasteiger partial charge >= 0.3 is 56.9 Å². The molecule has 0 rings (SSSR count). The summed E-state index contributed by atoms with van der Waals surface area (Å²) >= 11 is -4.78. The molecule has 0 aliphatic heterocycles. The van der Waals surface area contributed by atoms with Crippen LogP contribution in [0.2, 0.25) is 0 Å². The highest BCUT2D eigenvalue weighted by molar-refractivity contribution is 5.10. The lowest BCUT2D eigenvalue weighted by Gasteiger charge is -2.39. The van der Waals surface area contributed by atoms with Gasteiger partial charge in [0.05, 0.1) is 0 Å². The summed E-state index contributed by atoms with van der Waals surface area (Å²) in [7, 11) is 0. The minimum absolute atomic E-state index is 1.93. The van der Waals surface area contributed by atoms with Gasteiger partial charge in [-0.3, -0.25) is 0 Å². The average Bonchev–Trinajstić information content (AvgIpc) is 2.35. The van der Waals surface area contributed by atoms with Crippen molar-refractivity contribution < 1.29 is 88.1 Å². The van der Waals surface area contributed by atoms with Crippen molar-refractivity contribution in [1.82, 2.24) is 0 Å². The average molecular weight is 522 g/mol. The van der Waals surface area contributed by atoms with E-state index in [-0.39, 0.29) is 0 Å². The lowest BCUT2D eigenvalue weighted by Crippen LogP contribution is -3.99. The molecule has 0 aromatic heterocycles. The van der Waals surface area contributed by atoms with E-state index in [0.29, 0.717) is 0 Å². The summed E-state index contributed by atoms with van der Waals surface area (Å²) in [4.78, 5) is 0. The van der Waals surface area contributed by atoms with Gasteiger partial charge in [-0.1, -0.05) is 0 Å². The van der Waals surface area contributed by atoms with Gasteiger partial charge in [-0.15, -0.1) is 0 Å². The van der Waals surface area contributed by atoms with Gasteiger partial charge in [0, 0.05) is 6.42 Å². The Morgan fingerprint density at radius 3 is 1.28 bits per heavy atom. The van der Waals surface area contributed by atoms with Gasteiger partial charge in [0.2, 0.25) is 0 Å². The SMILES string of the molecule is [O-][I+2]([O-])OCCC(F)(F)C(F)(F)C(F)(F)C(F)(F)C(F)(F)C(F)(F)F. The third-order valence-corrected chi connectivity index (χ3v) is 3.53. The van der Waals surface area contributed by atoms with Crippen LogP contribution in [-0.2, 0) is 3.07 Å². The fraction of sp³-hybridized carbons (Fsp3) is 1.00. The minimum atomic E-state index is -7.97. The first-order valence-electron chi connectivity index (χ1n) is 5.31. The highest BCUT2D eigenvalue weighted by Gasteiger charge is 2.90. The number of hydrogen-bond acceptors (Lipinski definition) is 3. The summed E-state index contributed by atoms with van der Waals surface area (Å²) in [5, 5.41) is 0. The van der Waals surface area contributed by atoms with Gasteiger partial charge in [-0.2, -0.15) is 57.1 Å². The Kier molecular flexibility index (Phi) is 6.94. The number of rotatable bonds is 8. The highest BCUT2D eigenvalue weighted by Crippen LogP contribution is 2.60. The Balaban J connectivity index is 5.86. The Hall–Kier alpha value is -0.300. The van der Waals surface area contributed by atoms with E-state index < -0.39 is 69.9 Å². The van der Waals surface area contributed by atoms with Crippen molar-refractivity contribution in [2.24, 2.45) is 0 Å². The molecule has 0 spiro atoms. The molecule has 0 saturated heterocycles. The second kappa shape index (κ2) is 7.02. The molecule has 0 radical (unpaired) electrons. The zero-order valence-electron chi connectivity index (χ0n) is 10.9. The van der Waals surface area contributed by atoms with Gasteiger partial charge in [0.15, 0.2) is 0 Å². The second-order valence-corrected chi connectivity index (χ2v) is 5.95. The number of halogens is 14. The summed E-state index contributed by atoms with van der Waals surface area (Å²) in [6, 6.07) is 0. The second-order valence-electron chi connectivity index (χ2n) is 4.25. The van der Waals surface area contributed by atoms with Crippen LogP contribution in [0.5, 0.6) is 0 Å². The van der Waals surface area contributed by atoms with Gasteiger partial charge in [0.25, 0.3) is 0 Å². The fourth-order valence-electron chi connectivity index (χ4n) is 1.19. The summed E-state index contributed by atoms with van der Waals surface area (Å²) in [5.74, 6) is -37.4. The maximum atomic E-state index is 13.0. The fourth-order valence-corrected chi connectivity index (χ4v) is 1.77. The molecule has 0 unspecified atom stereocenters. The first-order chi connectivity index (χ1) is 10.7. The Morgan fingerprint density at radius 2 is 0.960 bits per heavy atom. The maximum absolute atomic E-state index is 13.0. The van der Waals surface area contributed by atoms with Gasteiger partial charge in [-0.05, 0) is 3.07 Å². The van der Waals surface area contributed by atoms with Crippen LogP contribution in [0.25, 0.3) is 0 Å². The van der Waals surface area contributed by atoms with E-state index in [1.807, 2.05) is 0 Å². The normalized spacial score (nSPS) is 15.8. The molecule has 0 atom stereocenters. The molecule has 0 heterocycles. The van der Waals surface area contributed by atoms with Crippen LogP contribution in [0.3, 0.4) is 0 Å². The topological polar surface area (TPSA) is 55.3 Å². The minimum Gasteiger partial charge on any atom is -0.396 e. The molecule has 0 aromatic carbocycles. The van der Waals surface area contributed by atoms with Crippen molar-refractivity contribution in [3.05, 3.63) is 0 Å².